The standard InChI is InChI=1S/C29H40O18/c1-12(2)39-28-26(43-18(8)35)25(42-17(7)34)23(21(45-28)11-38-14(4)31)47-29-27(44-19(9)36)24(41-16(6)33)22(40-15(5)32)20(46-29)10-37-13(3)30/h20-29H,1,10-11H2,2-9H3/t20-,21-,22-,23-,24+,25+,26-,27-,28-,29-/m1/s1. The van der Waals surface area contributed by atoms with Crippen LogP contribution in [-0.2, 0) is 85.7 Å². The average Bonchev–Trinajstić information content (AvgIpc) is 2.91. The maximum atomic E-state index is 12.4. The molecule has 2 rings (SSSR count). The predicted octanol–water partition coefficient (Wildman–Crippen LogP) is 0.156. The second kappa shape index (κ2) is 17.6. The van der Waals surface area contributed by atoms with Gasteiger partial charge < -0.3 is 52.1 Å². The Hall–Kier alpha value is -4.29. The highest BCUT2D eigenvalue weighted by atomic mass is 16.8. The lowest BCUT2D eigenvalue weighted by atomic mass is 9.96. The molecule has 0 aromatic heterocycles. The van der Waals surface area contributed by atoms with Gasteiger partial charge in [-0.3, -0.25) is 33.6 Å². The van der Waals surface area contributed by atoms with Gasteiger partial charge in [0.1, 0.15) is 31.5 Å². The molecule has 0 amide bonds. The van der Waals surface area contributed by atoms with Crippen molar-refractivity contribution in [2.75, 3.05) is 13.2 Å². The van der Waals surface area contributed by atoms with Crippen molar-refractivity contribution in [2.24, 2.45) is 0 Å². The van der Waals surface area contributed by atoms with Gasteiger partial charge in [0.2, 0.25) is 12.4 Å². The SMILES string of the molecule is C=C(C)O[C@@H]1O[C@H](COC(C)=O)[C@@H](O[C@H]2O[C@H](COC(C)=O)[C@@H](OC(C)=O)[C@H](OC(C)=O)[C@H]2OC(C)=O)[C@H](OC(C)=O)[C@H]1OC(C)=O. The summed E-state index contributed by atoms with van der Waals surface area (Å²) in [5.74, 6) is -5.73. The lowest BCUT2D eigenvalue weighted by Crippen LogP contribution is -2.67. The largest absolute Gasteiger partial charge is 0.466 e. The van der Waals surface area contributed by atoms with Crippen LogP contribution in [0.5, 0.6) is 0 Å². The molecule has 2 saturated heterocycles. The normalized spacial score (nSPS) is 30.0. The van der Waals surface area contributed by atoms with Crippen LogP contribution in [0.4, 0.5) is 0 Å². The van der Waals surface area contributed by atoms with Crippen molar-refractivity contribution in [1.82, 2.24) is 0 Å². The number of ether oxygens (including phenoxy) is 11. The fraction of sp³-hybridized carbons (Fsp3) is 0.690. The first-order chi connectivity index (χ1) is 21.9. The van der Waals surface area contributed by atoms with Crippen molar-refractivity contribution in [2.45, 2.75) is 117 Å². The molecule has 2 fully saturated rings. The highest BCUT2D eigenvalue weighted by molar-refractivity contribution is 5.69. The summed E-state index contributed by atoms with van der Waals surface area (Å²) in [5, 5.41) is 0. The Morgan fingerprint density at radius 2 is 0.787 bits per heavy atom. The van der Waals surface area contributed by atoms with Gasteiger partial charge in [-0.15, -0.1) is 0 Å². The summed E-state index contributed by atoms with van der Waals surface area (Å²) >= 11 is 0. The van der Waals surface area contributed by atoms with E-state index in [2.05, 4.69) is 6.58 Å². The molecular formula is C29H40O18. The van der Waals surface area contributed by atoms with Crippen LogP contribution in [0, 0.1) is 0 Å². The fourth-order valence-corrected chi connectivity index (χ4v) is 4.77. The third-order valence-electron chi connectivity index (χ3n) is 6.20. The van der Waals surface area contributed by atoms with Crippen LogP contribution in [0.2, 0.25) is 0 Å². The van der Waals surface area contributed by atoms with Gasteiger partial charge in [-0.05, 0) is 6.92 Å². The van der Waals surface area contributed by atoms with E-state index in [1.807, 2.05) is 0 Å². The van der Waals surface area contributed by atoms with Crippen molar-refractivity contribution >= 4 is 41.8 Å². The second-order valence-corrected chi connectivity index (χ2v) is 10.5. The maximum absolute atomic E-state index is 12.4. The minimum absolute atomic E-state index is 0.110. The highest BCUT2D eigenvalue weighted by Gasteiger charge is 2.57. The first kappa shape index (κ1) is 38.9. The van der Waals surface area contributed by atoms with Crippen LogP contribution in [0.15, 0.2) is 12.3 Å². The van der Waals surface area contributed by atoms with Gasteiger partial charge in [-0.2, -0.15) is 0 Å². The molecule has 0 bridgehead atoms. The van der Waals surface area contributed by atoms with Crippen LogP contribution in [0.1, 0.15) is 55.4 Å². The quantitative estimate of drug-likeness (QED) is 0.144. The molecular weight excluding hydrogens is 636 g/mol. The zero-order valence-electron chi connectivity index (χ0n) is 27.2. The number of hydrogen-bond acceptors (Lipinski definition) is 18. The number of rotatable bonds is 13. The smallest absolute Gasteiger partial charge is 0.303 e. The molecule has 0 spiro atoms. The molecule has 0 aromatic carbocycles. The summed E-state index contributed by atoms with van der Waals surface area (Å²) in [4.78, 5) is 84.6. The van der Waals surface area contributed by atoms with E-state index in [1.54, 1.807) is 0 Å². The van der Waals surface area contributed by atoms with Crippen LogP contribution in [-0.4, -0.2) is 116 Å². The Bertz CT molecular complexity index is 1200. The molecule has 0 unspecified atom stereocenters. The number of esters is 7. The summed E-state index contributed by atoms with van der Waals surface area (Å²) in [6.45, 7) is 11.5. The topological polar surface area (TPSA) is 221 Å². The minimum atomic E-state index is -1.78. The van der Waals surface area contributed by atoms with E-state index in [-0.39, 0.29) is 5.76 Å². The van der Waals surface area contributed by atoms with Crippen molar-refractivity contribution in [3.05, 3.63) is 12.3 Å². The molecule has 2 aliphatic rings. The molecule has 2 heterocycles. The highest BCUT2D eigenvalue weighted by Crippen LogP contribution is 2.35. The summed E-state index contributed by atoms with van der Waals surface area (Å²) < 4.78 is 61.2. The van der Waals surface area contributed by atoms with E-state index in [9.17, 15) is 33.6 Å². The minimum Gasteiger partial charge on any atom is -0.466 e. The van der Waals surface area contributed by atoms with Crippen molar-refractivity contribution in [1.29, 1.82) is 0 Å². The van der Waals surface area contributed by atoms with Crippen molar-refractivity contribution < 1.29 is 85.7 Å². The second-order valence-electron chi connectivity index (χ2n) is 10.5. The van der Waals surface area contributed by atoms with Gasteiger partial charge in [0.25, 0.3) is 0 Å². The van der Waals surface area contributed by atoms with Gasteiger partial charge >= 0.3 is 41.8 Å². The molecule has 0 aromatic rings. The third kappa shape index (κ3) is 12.1. The van der Waals surface area contributed by atoms with Crippen molar-refractivity contribution in [3.63, 3.8) is 0 Å². The van der Waals surface area contributed by atoms with Crippen LogP contribution >= 0.6 is 0 Å². The van der Waals surface area contributed by atoms with E-state index >= 15 is 0 Å². The first-order valence-corrected chi connectivity index (χ1v) is 14.3. The van der Waals surface area contributed by atoms with E-state index in [4.69, 9.17) is 52.1 Å². The Morgan fingerprint density at radius 3 is 1.19 bits per heavy atom. The molecule has 47 heavy (non-hydrogen) atoms. The fourth-order valence-electron chi connectivity index (χ4n) is 4.77. The molecule has 0 saturated carbocycles. The Morgan fingerprint density at radius 1 is 0.447 bits per heavy atom. The van der Waals surface area contributed by atoms with Crippen molar-refractivity contribution in [3.8, 4) is 0 Å². The molecule has 0 N–H and O–H groups in total. The number of hydrogen-bond donors (Lipinski definition) is 0. The Balaban J connectivity index is 2.73. The third-order valence-corrected chi connectivity index (χ3v) is 6.20. The van der Waals surface area contributed by atoms with Gasteiger partial charge in [0.05, 0.1) is 5.76 Å². The number of carbonyl (C=O) groups is 7. The van der Waals surface area contributed by atoms with E-state index in [0.717, 1.165) is 48.5 Å². The summed E-state index contributed by atoms with van der Waals surface area (Å²) in [6, 6.07) is 0. The van der Waals surface area contributed by atoms with Crippen LogP contribution in [0.3, 0.4) is 0 Å². The molecule has 18 heteroatoms. The van der Waals surface area contributed by atoms with Crippen LogP contribution < -0.4 is 0 Å². The monoisotopic (exact) mass is 676 g/mol. The van der Waals surface area contributed by atoms with Crippen LogP contribution in [0.25, 0.3) is 0 Å². The summed E-state index contributed by atoms with van der Waals surface area (Å²) in [7, 11) is 0. The molecule has 10 atom stereocenters. The molecule has 0 radical (unpaired) electrons. The van der Waals surface area contributed by atoms with E-state index < -0.39 is 116 Å². The molecule has 264 valence electrons. The predicted molar refractivity (Wildman–Crippen MR) is 149 cm³/mol. The summed E-state index contributed by atoms with van der Waals surface area (Å²) in [5.41, 5.74) is 0. The van der Waals surface area contributed by atoms with E-state index in [1.165, 1.54) is 6.92 Å². The zero-order chi connectivity index (χ0) is 35.6. The van der Waals surface area contributed by atoms with Gasteiger partial charge in [-0.25, -0.2) is 0 Å². The maximum Gasteiger partial charge on any atom is 0.303 e. The van der Waals surface area contributed by atoms with Gasteiger partial charge in [0.15, 0.2) is 30.7 Å². The van der Waals surface area contributed by atoms with Gasteiger partial charge in [-0.1, -0.05) is 6.58 Å². The zero-order valence-corrected chi connectivity index (χ0v) is 27.2. The Labute approximate surface area is 270 Å². The number of allylic oxidation sites excluding steroid dienone is 1. The number of carbonyl (C=O) groups excluding carboxylic acids is 7. The van der Waals surface area contributed by atoms with E-state index in [0.29, 0.717) is 0 Å². The average molecular weight is 677 g/mol. The lowest BCUT2D eigenvalue weighted by molar-refractivity contribution is -0.358. The van der Waals surface area contributed by atoms with Gasteiger partial charge in [0, 0.05) is 48.5 Å². The first-order valence-electron chi connectivity index (χ1n) is 14.3. The Kier molecular flexibility index (Phi) is 14.5. The molecule has 18 nitrogen and oxygen atoms in total. The lowest BCUT2D eigenvalue weighted by Gasteiger charge is -2.48. The molecule has 0 aliphatic carbocycles. The molecule has 2 aliphatic heterocycles. The summed E-state index contributed by atoms with van der Waals surface area (Å²) in [6.07, 6.45) is -15.4.